The van der Waals surface area contributed by atoms with Crippen molar-refractivity contribution in [2.45, 2.75) is 121 Å². The van der Waals surface area contributed by atoms with E-state index in [9.17, 15) is 63.3 Å². The zero-order valence-corrected chi connectivity index (χ0v) is 35.3. The quantitative estimate of drug-likeness (QED) is 0.0175. The Morgan fingerprint density at radius 3 is 1.55 bits per heavy atom. The molecule has 26 nitrogen and oxygen atoms in total. The molecule has 0 bridgehead atoms. The first-order valence-corrected chi connectivity index (χ1v) is 19.8. The third kappa shape index (κ3) is 23.0. The summed E-state index contributed by atoms with van der Waals surface area (Å²) in [6.45, 7) is 5.27. The molecule has 0 fully saturated rings. The molecule has 0 aromatic rings. The smallest absolute Gasteiger partial charge is 0.326 e. The summed E-state index contributed by atoms with van der Waals surface area (Å²) >= 11 is 0. The lowest BCUT2D eigenvalue weighted by Crippen LogP contribution is -2.60. The lowest BCUT2D eigenvalue weighted by molar-refractivity contribution is -0.147. The second-order valence-electron chi connectivity index (χ2n) is 15.0. The van der Waals surface area contributed by atoms with Crippen molar-refractivity contribution in [1.29, 1.82) is 0 Å². The number of carboxylic acids is 3. The number of nitrogens with two attached hydrogens (primary N) is 4. The van der Waals surface area contributed by atoms with Crippen molar-refractivity contribution in [1.82, 2.24) is 37.2 Å². The van der Waals surface area contributed by atoms with E-state index in [-0.39, 0.29) is 56.6 Å². The fourth-order valence-electron chi connectivity index (χ4n) is 5.39. The molecule has 0 unspecified atom stereocenters. The lowest BCUT2D eigenvalue weighted by Gasteiger charge is -2.27. The zero-order chi connectivity index (χ0) is 47.7. The average molecular weight is 889 g/mol. The summed E-state index contributed by atoms with van der Waals surface area (Å²) in [6.07, 6.45) is -1.26. The number of carbonyl (C=O) groups is 10. The van der Waals surface area contributed by atoms with Crippen molar-refractivity contribution in [3.8, 4) is 0 Å². The van der Waals surface area contributed by atoms with E-state index in [1.54, 1.807) is 27.7 Å². The maximum absolute atomic E-state index is 13.6. The van der Waals surface area contributed by atoms with Gasteiger partial charge in [-0.15, -0.1) is 0 Å². The Morgan fingerprint density at radius 1 is 0.581 bits per heavy atom. The van der Waals surface area contributed by atoms with E-state index < -0.39 is 128 Å². The number of guanidine groups is 1. The molecule has 0 aliphatic heterocycles. The Labute approximate surface area is 357 Å². The molecule has 0 saturated carbocycles. The SMILES string of the molecule is CC(C)C[C@H](NC(=O)[C@@H](N)C(C)C)C(=O)N[C@@H](CCCCN)C(=O)N[C@@H](CC(=O)O)C(=O)N[C@@H](CO)C(=O)NCC(=O)N[C@@H](CCCN=C(N)N)C(=O)N[C@@H](CC(=O)O)C(=O)O. The van der Waals surface area contributed by atoms with Gasteiger partial charge in [0.05, 0.1) is 32.0 Å². The Bertz CT molecular complexity index is 1590. The molecule has 7 amide bonds. The number of rotatable bonds is 31. The Hall–Kier alpha value is -6.15. The Balaban J connectivity index is 6.02. The number of aliphatic imine (C=N–C) groups is 1. The van der Waals surface area contributed by atoms with Crippen molar-refractivity contribution in [3.63, 3.8) is 0 Å². The monoisotopic (exact) mass is 888 g/mol. The van der Waals surface area contributed by atoms with Crippen LogP contribution >= 0.6 is 0 Å². The van der Waals surface area contributed by atoms with E-state index in [1.807, 2.05) is 5.32 Å². The molecule has 0 heterocycles. The molecule has 19 N–H and O–H groups in total. The largest absolute Gasteiger partial charge is 0.481 e. The average Bonchev–Trinajstić information content (AvgIpc) is 3.17. The molecule has 0 rings (SSSR count). The highest BCUT2D eigenvalue weighted by atomic mass is 16.4. The highest BCUT2D eigenvalue weighted by molar-refractivity contribution is 5.98. The van der Waals surface area contributed by atoms with Crippen molar-refractivity contribution >= 4 is 65.2 Å². The summed E-state index contributed by atoms with van der Waals surface area (Å²) < 4.78 is 0. The van der Waals surface area contributed by atoms with Crippen molar-refractivity contribution in [2.75, 3.05) is 26.2 Å². The maximum Gasteiger partial charge on any atom is 0.326 e. The predicted molar refractivity (Wildman–Crippen MR) is 219 cm³/mol. The van der Waals surface area contributed by atoms with Crippen LogP contribution in [0.2, 0.25) is 0 Å². The van der Waals surface area contributed by atoms with E-state index in [2.05, 4.69) is 36.9 Å². The number of nitrogens with zero attached hydrogens (tertiary/aromatic N) is 1. The van der Waals surface area contributed by atoms with Crippen LogP contribution in [0.15, 0.2) is 4.99 Å². The molecule has 0 aromatic carbocycles. The first-order chi connectivity index (χ1) is 28.9. The fourth-order valence-corrected chi connectivity index (χ4v) is 5.39. The third-order valence-electron chi connectivity index (χ3n) is 8.78. The van der Waals surface area contributed by atoms with Crippen molar-refractivity contribution in [3.05, 3.63) is 0 Å². The maximum atomic E-state index is 13.6. The van der Waals surface area contributed by atoms with Crippen LogP contribution in [0.25, 0.3) is 0 Å². The van der Waals surface area contributed by atoms with Crippen LogP contribution in [-0.4, -0.2) is 154 Å². The normalized spacial score (nSPS) is 14.3. The number of aliphatic hydroxyl groups is 1. The number of aliphatic hydroxyl groups excluding tert-OH is 1. The molecule has 0 aliphatic carbocycles. The second-order valence-corrected chi connectivity index (χ2v) is 15.0. The number of carbonyl (C=O) groups excluding carboxylic acids is 7. The van der Waals surface area contributed by atoms with Crippen LogP contribution in [-0.2, 0) is 47.9 Å². The lowest BCUT2D eigenvalue weighted by atomic mass is 9.99. The zero-order valence-electron chi connectivity index (χ0n) is 35.3. The first-order valence-electron chi connectivity index (χ1n) is 19.8. The minimum Gasteiger partial charge on any atom is -0.481 e. The minimum absolute atomic E-state index is 0.0188. The number of unbranched alkanes of at least 4 members (excludes halogenated alkanes) is 1. The number of aliphatic carboxylic acids is 3. The molecule has 0 radical (unpaired) electrons. The molecule has 0 saturated heterocycles. The summed E-state index contributed by atoms with van der Waals surface area (Å²) in [7, 11) is 0. The topological polar surface area (TPSA) is 452 Å². The van der Waals surface area contributed by atoms with Gasteiger partial charge in [-0.25, -0.2) is 4.79 Å². The highest BCUT2D eigenvalue weighted by Gasteiger charge is 2.34. The number of nitrogens with one attached hydrogen (secondary N) is 7. The Kier molecular flexibility index (Phi) is 26.3. The molecule has 7 atom stereocenters. The standard InChI is InChI=1S/C36H64N12O14/c1-17(2)12-21(46-34(60)28(38)18(3)4)32(58)44-20(8-5-6-10-37)31(57)45-22(13-26(51)52)33(59)48-24(16-49)29(55)42-15-25(50)43-19(9-7-11-41-36(39)40)30(56)47-23(35(61)62)14-27(53)54/h17-24,28,49H,5-16,37-38H2,1-4H3,(H,42,55)(H,43,50)(H,44,58)(H,45,57)(H,46,60)(H,47,56)(H,48,59)(H,51,52)(H,53,54)(H,61,62)(H4,39,40,41)/t19-,20-,21-,22-,23-,24-,28-/m0/s1. The van der Waals surface area contributed by atoms with Crippen LogP contribution in [0.5, 0.6) is 0 Å². The van der Waals surface area contributed by atoms with Gasteiger partial charge in [0.15, 0.2) is 5.96 Å². The highest BCUT2D eigenvalue weighted by Crippen LogP contribution is 2.10. The van der Waals surface area contributed by atoms with Crippen LogP contribution in [0.3, 0.4) is 0 Å². The van der Waals surface area contributed by atoms with Gasteiger partial charge < -0.3 is 80.6 Å². The molecule has 62 heavy (non-hydrogen) atoms. The van der Waals surface area contributed by atoms with Gasteiger partial charge >= 0.3 is 17.9 Å². The summed E-state index contributed by atoms with van der Waals surface area (Å²) in [6, 6.07) is -10.5. The van der Waals surface area contributed by atoms with Crippen LogP contribution in [0.1, 0.15) is 79.1 Å². The molecular weight excluding hydrogens is 824 g/mol. The third-order valence-corrected chi connectivity index (χ3v) is 8.78. The first kappa shape index (κ1) is 55.9. The number of carboxylic acid groups (broad SMARTS) is 3. The van der Waals surface area contributed by atoms with Gasteiger partial charge in [-0.2, -0.15) is 0 Å². The van der Waals surface area contributed by atoms with Gasteiger partial charge in [0.2, 0.25) is 41.4 Å². The predicted octanol–water partition coefficient (Wildman–Crippen LogP) is -5.75. The molecule has 0 spiro atoms. The summed E-state index contributed by atoms with van der Waals surface area (Å²) in [5.41, 5.74) is 22.1. The van der Waals surface area contributed by atoms with Crippen molar-refractivity contribution in [2.24, 2.45) is 39.8 Å². The van der Waals surface area contributed by atoms with Crippen LogP contribution < -0.4 is 60.2 Å². The van der Waals surface area contributed by atoms with E-state index >= 15 is 0 Å². The van der Waals surface area contributed by atoms with Gasteiger partial charge in [0, 0.05) is 6.54 Å². The molecule has 0 aliphatic rings. The van der Waals surface area contributed by atoms with E-state index in [0.29, 0.717) is 12.8 Å². The Morgan fingerprint density at radius 2 is 1.05 bits per heavy atom. The van der Waals surface area contributed by atoms with Crippen LogP contribution in [0, 0.1) is 11.8 Å². The summed E-state index contributed by atoms with van der Waals surface area (Å²) in [5, 5.41) is 53.6. The van der Waals surface area contributed by atoms with E-state index in [0.717, 1.165) is 0 Å². The molecule has 26 heteroatoms. The van der Waals surface area contributed by atoms with E-state index in [1.165, 1.54) is 0 Å². The number of amides is 7. The molecular formula is C36H64N12O14. The fraction of sp³-hybridized carbons (Fsp3) is 0.694. The number of hydrogen-bond donors (Lipinski definition) is 15. The summed E-state index contributed by atoms with van der Waals surface area (Å²) in [5.74, 6) is -12.3. The van der Waals surface area contributed by atoms with Gasteiger partial charge in [0.1, 0.15) is 36.3 Å². The minimum atomic E-state index is -1.87. The van der Waals surface area contributed by atoms with Gasteiger partial charge in [-0.1, -0.05) is 27.7 Å². The molecule has 352 valence electrons. The number of hydrogen-bond acceptors (Lipinski definition) is 14. The van der Waals surface area contributed by atoms with Crippen LogP contribution in [0.4, 0.5) is 0 Å². The summed E-state index contributed by atoms with van der Waals surface area (Å²) in [4.78, 5) is 130. The van der Waals surface area contributed by atoms with Gasteiger partial charge in [0.25, 0.3) is 0 Å². The van der Waals surface area contributed by atoms with Gasteiger partial charge in [-0.3, -0.25) is 48.1 Å². The van der Waals surface area contributed by atoms with Gasteiger partial charge in [-0.05, 0) is 56.9 Å². The van der Waals surface area contributed by atoms with Crippen molar-refractivity contribution < 1.29 is 68.4 Å². The second kappa shape index (κ2) is 29.2. The molecule has 0 aromatic heterocycles. The van der Waals surface area contributed by atoms with E-state index in [4.69, 9.17) is 28.0 Å².